The Morgan fingerprint density at radius 2 is 2.14 bits per heavy atom. The second-order valence-corrected chi connectivity index (χ2v) is 2.48. The Balaban J connectivity index is 2.84. The van der Waals surface area contributed by atoms with Crippen LogP contribution in [0.5, 0.6) is 0 Å². The van der Waals surface area contributed by atoms with Crippen molar-refractivity contribution in [3.63, 3.8) is 0 Å². The average Bonchev–Trinajstić information content (AvgIpc) is 2.15. The molecule has 0 aliphatic rings. The van der Waals surface area contributed by atoms with Gasteiger partial charge in [-0.15, -0.1) is 5.43 Å². The van der Waals surface area contributed by atoms with Gasteiger partial charge in [-0.1, -0.05) is 6.07 Å². The molecular weight excluding hydrogens is 188 g/mol. The lowest BCUT2D eigenvalue weighted by atomic mass is 10.3. The molecule has 1 N–H and O–H groups in total. The third kappa shape index (κ3) is 2.70. The smallest absolute Gasteiger partial charge is 0.273 e. The van der Waals surface area contributed by atoms with Crippen molar-refractivity contribution >= 4 is 11.4 Å². The molecule has 7 heteroatoms. The van der Waals surface area contributed by atoms with Gasteiger partial charge in [-0.2, -0.15) is 4.86 Å². The van der Waals surface area contributed by atoms with Gasteiger partial charge in [-0.3, -0.25) is 10.1 Å². The first-order valence-electron chi connectivity index (χ1n) is 3.71. The minimum Gasteiger partial charge on any atom is -0.696 e. The van der Waals surface area contributed by atoms with Gasteiger partial charge in [0.05, 0.1) is 16.2 Å². The molecule has 0 heterocycles. The van der Waals surface area contributed by atoms with E-state index in [1.54, 1.807) is 6.07 Å². The van der Waals surface area contributed by atoms with Gasteiger partial charge < -0.3 is 5.21 Å². The van der Waals surface area contributed by atoms with Crippen LogP contribution in [0, 0.1) is 15.3 Å². The molecule has 0 radical (unpaired) electrons. The van der Waals surface area contributed by atoms with Crippen molar-refractivity contribution in [3.8, 4) is 0 Å². The highest BCUT2D eigenvalue weighted by Crippen LogP contribution is 2.16. The lowest BCUT2D eigenvalue weighted by Crippen LogP contribution is -1.97. The molecule has 0 saturated carbocycles. The third-order valence-corrected chi connectivity index (χ3v) is 1.38. The minimum absolute atomic E-state index is 0.0567. The number of hydroxylamine groups is 1. The molecule has 0 amide bonds. The summed E-state index contributed by atoms with van der Waals surface area (Å²) in [4.78, 5) is 10.2. The Labute approximate surface area is 79.4 Å². The Hall–Kier alpha value is -2.18. The molecule has 0 aliphatic heterocycles. The summed E-state index contributed by atoms with van der Waals surface area (Å²) >= 11 is 0. The third-order valence-electron chi connectivity index (χ3n) is 1.38. The molecule has 14 heavy (non-hydrogen) atoms. The molecule has 1 aromatic rings. The fraction of sp³-hybridized carbons (Fsp3) is 0.143. The Bertz CT molecular complexity index is 373. The average molecular weight is 196 g/mol. The maximum atomic E-state index is 10.4. The summed E-state index contributed by atoms with van der Waals surface area (Å²) in [5, 5.41) is 24.1. The molecule has 1 rings (SSSR count). The zero-order valence-corrected chi connectivity index (χ0v) is 7.38. The predicted octanol–water partition coefficient (Wildman–Crippen LogP) is 1.51. The molecule has 0 fully saturated rings. The highest BCUT2D eigenvalue weighted by atomic mass is 16.6. The number of nitrogens with one attached hydrogen (secondary N) is 1. The first kappa shape index (κ1) is 9.90. The monoisotopic (exact) mass is 196 g/mol. The maximum Gasteiger partial charge on any atom is 0.273 e. The molecule has 0 aromatic heterocycles. The van der Waals surface area contributed by atoms with Gasteiger partial charge in [-0.25, -0.2) is 0 Å². The van der Waals surface area contributed by atoms with Crippen LogP contribution in [0.2, 0.25) is 0 Å². The molecule has 7 nitrogen and oxygen atoms in total. The first-order valence-corrected chi connectivity index (χ1v) is 3.71. The van der Waals surface area contributed by atoms with E-state index in [0.717, 1.165) is 0 Å². The molecule has 74 valence electrons. The Morgan fingerprint density at radius 1 is 1.43 bits per heavy atom. The molecule has 0 atom stereocenters. The van der Waals surface area contributed by atoms with Gasteiger partial charge in [0.1, 0.15) is 7.05 Å². The molecule has 1 aromatic carbocycles. The number of anilines is 1. The van der Waals surface area contributed by atoms with Crippen molar-refractivity contribution in [1.29, 1.82) is 0 Å². The van der Waals surface area contributed by atoms with Crippen LogP contribution in [-0.2, 0) is 0 Å². The number of hydrogen-bond acceptors (Lipinski definition) is 4. The molecule has 0 saturated heterocycles. The number of nitro benzene ring substituents is 1. The largest absolute Gasteiger partial charge is 0.696 e. The van der Waals surface area contributed by atoms with Crippen molar-refractivity contribution in [1.82, 2.24) is 0 Å². The van der Waals surface area contributed by atoms with Crippen LogP contribution in [0.1, 0.15) is 0 Å². The standard InChI is InChI=1S/C7H8N4O3/c1-10(12)9-8-6-3-2-4-7(5-6)11(13)14/h2-5,8H,1H3/b10-9-. The Kier molecular flexibility index (Phi) is 2.95. The van der Waals surface area contributed by atoms with E-state index in [2.05, 4.69) is 10.6 Å². The molecular formula is C7H8N4O3. The highest BCUT2D eigenvalue weighted by Gasteiger charge is 2.06. The predicted molar refractivity (Wildman–Crippen MR) is 48.7 cm³/mol. The summed E-state index contributed by atoms with van der Waals surface area (Å²) in [5.74, 6) is 0. The van der Waals surface area contributed by atoms with E-state index in [1.807, 2.05) is 0 Å². The molecule has 0 aliphatic carbocycles. The van der Waals surface area contributed by atoms with Crippen LogP contribution in [0.25, 0.3) is 0 Å². The van der Waals surface area contributed by atoms with E-state index in [0.29, 0.717) is 10.5 Å². The summed E-state index contributed by atoms with van der Waals surface area (Å²) in [6.07, 6.45) is 0. The molecule has 0 bridgehead atoms. The normalized spacial score (nSPS) is 11.1. The second-order valence-electron chi connectivity index (χ2n) is 2.48. The van der Waals surface area contributed by atoms with E-state index in [4.69, 9.17) is 0 Å². The number of nitrogens with zero attached hydrogens (tertiary/aromatic N) is 3. The van der Waals surface area contributed by atoms with Crippen LogP contribution in [0.4, 0.5) is 11.4 Å². The van der Waals surface area contributed by atoms with E-state index in [9.17, 15) is 15.3 Å². The van der Waals surface area contributed by atoms with Crippen molar-refractivity contribution in [2.45, 2.75) is 0 Å². The summed E-state index contributed by atoms with van der Waals surface area (Å²) in [7, 11) is 1.20. The number of non-ortho nitro benzene ring substituents is 1. The topological polar surface area (TPSA) is 93.6 Å². The lowest BCUT2D eigenvalue weighted by Gasteiger charge is -1.97. The fourth-order valence-electron chi connectivity index (χ4n) is 0.817. The summed E-state index contributed by atoms with van der Waals surface area (Å²) < 4.78 is 0. The van der Waals surface area contributed by atoms with E-state index in [-0.39, 0.29) is 5.69 Å². The number of benzene rings is 1. The second kappa shape index (κ2) is 4.17. The number of rotatable bonds is 3. The van der Waals surface area contributed by atoms with Gasteiger partial charge in [0.2, 0.25) is 0 Å². The van der Waals surface area contributed by atoms with Crippen LogP contribution >= 0.6 is 0 Å². The first-order chi connectivity index (χ1) is 6.59. The van der Waals surface area contributed by atoms with Crippen molar-refractivity contribution < 1.29 is 9.78 Å². The summed E-state index contributed by atoms with van der Waals surface area (Å²) in [6, 6.07) is 5.71. The minimum atomic E-state index is -0.522. The SMILES string of the molecule is C/[N+]([O-])=N/Nc1cccc([N+](=O)[O-])c1. The van der Waals surface area contributed by atoms with Crippen LogP contribution in [0.3, 0.4) is 0 Å². The summed E-state index contributed by atoms with van der Waals surface area (Å²) in [6.45, 7) is 0. The van der Waals surface area contributed by atoms with Crippen molar-refractivity contribution in [3.05, 3.63) is 39.6 Å². The fourth-order valence-corrected chi connectivity index (χ4v) is 0.817. The van der Waals surface area contributed by atoms with E-state index >= 15 is 0 Å². The highest BCUT2D eigenvalue weighted by molar-refractivity contribution is 5.50. The van der Waals surface area contributed by atoms with Gasteiger partial charge in [0, 0.05) is 6.07 Å². The van der Waals surface area contributed by atoms with Gasteiger partial charge in [0.25, 0.3) is 5.69 Å². The number of nitro groups is 1. The summed E-state index contributed by atoms with van der Waals surface area (Å²) in [5.41, 5.74) is 2.71. The molecule has 0 unspecified atom stereocenters. The van der Waals surface area contributed by atoms with E-state index in [1.165, 1.54) is 25.2 Å². The van der Waals surface area contributed by atoms with Crippen LogP contribution in [-0.4, -0.2) is 16.8 Å². The van der Waals surface area contributed by atoms with Gasteiger partial charge >= 0.3 is 0 Å². The lowest BCUT2D eigenvalue weighted by molar-refractivity contribution is -0.497. The zero-order chi connectivity index (χ0) is 10.6. The zero-order valence-electron chi connectivity index (χ0n) is 7.38. The van der Waals surface area contributed by atoms with Crippen LogP contribution < -0.4 is 5.43 Å². The van der Waals surface area contributed by atoms with Gasteiger partial charge in [-0.05, 0) is 6.07 Å². The maximum absolute atomic E-state index is 10.4. The number of hydrogen-bond donors (Lipinski definition) is 1. The quantitative estimate of drug-likeness (QED) is 0.343. The van der Waals surface area contributed by atoms with Crippen LogP contribution in [0.15, 0.2) is 29.5 Å². The Morgan fingerprint density at radius 3 is 2.71 bits per heavy atom. The van der Waals surface area contributed by atoms with E-state index < -0.39 is 4.92 Å². The molecule has 0 spiro atoms. The van der Waals surface area contributed by atoms with Crippen molar-refractivity contribution in [2.75, 3.05) is 12.5 Å². The van der Waals surface area contributed by atoms with Gasteiger partial charge in [0.15, 0.2) is 5.69 Å². The van der Waals surface area contributed by atoms with Crippen molar-refractivity contribution in [2.24, 2.45) is 5.22 Å².